The van der Waals surface area contributed by atoms with Crippen molar-refractivity contribution >= 4 is 16.5 Å². The van der Waals surface area contributed by atoms with Crippen molar-refractivity contribution in [1.82, 2.24) is 4.98 Å². The van der Waals surface area contributed by atoms with Gasteiger partial charge in [-0.1, -0.05) is 54.1 Å². The standard InChI is InChI=1S/C20H19N/c1-14-19(17-12-5-6-13-18(17)21-14)20(16-10-7-11-16)15-8-3-2-4-9-15/h2-6,8-9,12-13,21H,7,10-11H2,1H3. The number of hydrogen-bond acceptors (Lipinski definition) is 0. The van der Waals surface area contributed by atoms with E-state index in [-0.39, 0.29) is 0 Å². The molecule has 1 saturated carbocycles. The number of hydrogen-bond donors (Lipinski definition) is 1. The van der Waals surface area contributed by atoms with Gasteiger partial charge in [-0.25, -0.2) is 0 Å². The summed E-state index contributed by atoms with van der Waals surface area (Å²) in [6.45, 7) is 2.19. The van der Waals surface area contributed by atoms with Gasteiger partial charge in [0.15, 0.2) is 0 Å². The molecule has 1 aliphatic rings. The van der Waals surface area contributed by atoms with Gasteiger partial charge in [-0.3, -0.25) is 0 Å². The quantitative estimate of drug-likeness (QED) is 0.638. The maximum atomic E-state index is 3.55. The first-order chi connectivity index (χ1) is 10.3. The molecular formula is C20H19N. The molecule has 1 aliphatic carbocycles. The van der Waals surface area contributed by atoms with Crippen LogP contribution in [0.5, 0.6) is 0 Å². The number of fused-ring (bicyclic) bond motifs is 1. The summed E-state index contributed by atoms with van der Waals surface area (Å²) < 4.78 is 0. The highest BCUT2D eigenvalue weighted by Gasteiger charge is 2.21. The molecular weight excluding hydrogens is 254 g/mol. The minimum atomic E-state index is 1.23. The molecule has 1 N–H and O–H groups in total. The van der Waals surface area contributed by atoms with Crippen LogP contribution in [0.1, 0.15) is 36.1 Å². The van der Waals surface area contributed by atoms with Crippen LogP contribution in [-0.4, -0.2) is 4.98 Å². The van der Waals surface area contributed by atoms with Crippen LogP contribution in [0, 0.1) is 6.92 Å². The zero-order chi connectivity index (χ0) is 14.2. The Morgan fingerprint density at radius 3 is 2.33 bits per heavy atom. The highest BCUT2D eigenvalue weighted by Crippen LogP contribution is 2.41. The van der Waals surface area contributed by atoms with Crippen LogP contribution < -0.4 is 0 Å². The Kier molecular flexibility index (Phi) is 2.92. The summed E-state index contributed by atoms with van der Waals surface area (Å²) in [5.74, 6) is 0. The van der Waals surface area contributed by atoms with E-state index < -0.39 is 0 Å². The number of aromatic nitrogens is 1. The van der Waals surface area contributed by atoms with E-state index in [1.807, 2.05) is 0 Å². The van der Waals surface area contributed by atoms with Crippen molar-refractivity contribution in [2.75, 3.05) is 0 Å². The maximum absolute atomic E-state index is 3.55. The van der Waals surface area contributed by atoms with Gasteiger partial charge in [-0.2, -0.15) is 0 Å². The molecule has 1 nitrogen and oxygen atoms in total. The van der Waals surface area contributed by atoms with Gasteiger partial charge in [0.05, 0.1) is 0 Å². The average molecular weight is 273 g/mol. The average Bonchev–Trinajstić information content (AvgIpc) is 2.79. The van der Waals surface area contributed by atoms with Gasteiger partial charge < -0.3 is 4.98 Å². The van der Waals surface area contributed by atoms with Crippen LogP contribution in [0.2, 0.25) is 0 Å². The van der Waals surface area contributed by atoms with Crippen LogP contribution in [0.25, 0.3) is 16.5 Å². The third-order valence-electron chi connectivity index (χ3n) is 4.52. The Morgan fingerprint density at radius 1 is 0.905 bits per heavy atom. The van der Waals surface area contributed by atoms with E-state index in [1.54, 1.807) is 5.57 Å². The summed E-state index contributed by atoms with van der Waals surface area (Å²) in [5.41, 5.74) is 8.31. The molecule has 0 bridgehead atoms. The van der Waals surface area contributed by atoms with Crippen molar-refractivity contribution in [2.45, 2.75) is 26.2 Å². The van der Waals surface area contributed by atoms with E-state index in [0.29, 0.717) is 0 Å². The van der Waals surface area contributed by atoms with E-state index in [2.05, 4.69) is 66.5 Å². The highest BCUT2D eigenvalue weighted by molar-refractivity contribution is 5.99. The second-order valence-corrected chi connectivity index (χ2v) is 5.87. The van der Waals surface area contributed by atoms with Gasteiger partial charge in [0, 0.05) is 22.2 Å². The van der Waals surface area contributed by atoms with E-state index >= 15 is 0 Å². The molecule has 1 heteroatoms. The smallest absolute Gasteiger partial charge is 0.0462 e. The summed E-state index contributed by atoms with van der Waals surface area (Å²) in [4.78, 5) is 3.55. The lowest BCUT2D eigenvalue weighted by atomic mass is 9.81. The molecule has 0 amide bonds. The van der Waals surface area contributed by atoms with Crippen molar-refractivity contribution in [3.05, 3.63) is 77.0 Å². The van der Waals surface area contributed by atoms with Gasteiger partial charge in [-0.15, -0.1) is 0 Å². The third kappa shape index (κ3) is 2.01. The Bertz CT molecular complexity index is 815. The summed E-state index contributed by atoms with van der Waals surface area (Å²) in [5, 5.41) is 1.34. The Morgan fingerprint density at radius 2 is 1.62 bits per heavy atom. The van der Waals surface area contributed by atoms with Crippen LogP contribution >= 0.6 is 0 Å². The molecule has 0 aliphatic heterocycles. The molecule has 104 valence electrons. The first-order valence-electron chi connectivity index (χ1n) is 7.70. The van der Waals surface area contributed by atoms with Gasteiger partial charge in [0.1, 0.15) is 0 Å². The fourth-order valence-electron chi connectivity index (χ4n) is 3.33. The zero-order valence-corrected chi connectivity index (χ0v) is 12.3. The lowest BCUT2D eigenvalue weighted by Crippen LogP contribution is -2.03. The molecule has 21 heavy (non-hydrogen) atoms. The zero-order valence-electron chi connectivity index (χ0n) is 12.3. The summed E-state index contributed by atoms with van der Waals surface area (Å²) in [6, 6.07) is 19.5. The van der Waals surface area contributed by atoms with Gasteiger partial charge in [0.2, 0.25) is 0 Å². The fourth-order valence-corrected chi connectivity index (χ4v) is 3.33. The second-order valence-electron chi connectivity index (χ2n) is 5.87. The van der Waals surface area contributed by atoms with E-state index in [0.717, 1.165) is 0 Å². The largest absolute Gasteiger partial charge is 0.358 e. The number of allylic oxidation sites excluding steroid dienone is 1. The molecule has 2 aromatic carbocycles. The topological polar surface area (TPSA) is 15.8 Å². The molecule has 3 aromatic rings. The normalized spacial score (nSPS) is 14.2. The van der Waals surface area contributed by atoms with E-state index in [4.69, 9.17) is 0 Å². The summed E-state index contributed by atoms with van der Waals surface area (Å²) >= 11 is 0. The molecule has 0 unspecified atom stereocenters. The molecule has 0 radical (unpaired) electrons. The number of rotatable bonds is 2. The molecule has 4 rings (SSSR count). The SMILES string of the molecule is Cc1[nH]c2ccccc2c1C(=C1CCC1)c1ccccc1. The van der Waals surface area contributed by atoms with E-state index in [9.17, 15) is 0 Å². The van der Waals surface area contributed by atoms with Crippen molar-refractivity contribution in [3.63, 3.8) is 0 Å². The summed E-state index contributed by atoms with van der Waals surface area (Å²) in [6.07, 6.45) is 3.80. The first kappa shape index (κ1) is 12.5. The number of H-pyrrole nitrogens is 1. The number of aryl methyl sites for hydroxylation is 1. The van der Waals surface area contributed by atoms with E-state index in [1.165, 1.54) is 52.6 Å². The molecule has 1 heterocycles. The fraction of sp³-hybridized carbons (Fsp3) is 0.200. The van der Waals surface area contributed by atoms with Crippen LogP contribution in [-0.2, 0) is 0 Å². The maximum Gasteiger partial charge on any atom is 0.0462 e. The molecule has 1 aromatic heterocycles. The Labute approximate surface area is 125 Å². The third-order valence-corrected chi connectivity index (χ3v) is 4.52. The van der Waals surface area contributed by atoms with Crippen molar-refractivity contribution in [3.8, 4) is 0 Å². The minimum Gasteiger partial charge on any atom is -0.358 e. The minimum absolute atomic E-state index is 1.23. The van der Waals surface area contributed by atoms with Gasteiger partial charge in [-0.05, 0) is 43.4 Å². The number of benzene rings is 2. The summed E-state index contributed by atoms with van der Waals surface area (Å²) in [7, 11) is 0. The number of aromatic amines is 1. The number of para-hydroxylation sites is 1. The Hall–Kier alpha value is -2.28. The van der Waals surface area contributed by atoms with Gasteiger partial charge >= 0.3 is 0 Å². The number of nitrogens with one attached hydrogen (secondary N) is 1. The first-order valence-corrected chi connectivity index (χ1v) is 7.70. The van der Waals surface area contributed by atoms with Crippen molar-refractivity contribution < 1.29 is 0 Å². The monoisotopic (exact) mass is 273 g/mol. The molecule has 0 atom stereocenters. The lowest BCUT2D eigenvalue weighted by Gasteiger charge is -2.23. The molecule has 0 saturated heterocycles. The highest BCUT2D eigenvalue weighted by atomic mass is 14.7. The van der Waals surface area contributed by atoms with Crippen LogP contribution in [0.4, 0.5) is 0 Å². The molecule has 0 spiro atoms. The molecule has 1 fully saturated rings. The van der Waals surface area contributed by atoms with Crippen molar-refractivity contribution in [1.29, 1.82) is 0 Å². The van der Waals surface area contributed by atoms with Crippen LogP contribution in [0.15, 0.2) is 60.2 Å². The predicted octanol–water partition coefficient (Wildman–Crippen LogP) is 5.46. The Balaban J connectivity index is 2.02. The second kappa shape index (κ2) is 4.92. The van der Waals surface area contributed by atoms with Gasteiger partial charge in [0.25, 0.3) is 0 Å². The van der Waals surface area contributed by atoms with Crippen LogP contribution in [0.3, 0.4) is 0 Å². The lowest BCUT2D eigenvalue weighted by molar-refractivity contribution is 0.666. The van der Waals surface area contributed by atoms with Crippen molar-refractivity contribution in [2.24, 2.45) is 0 Å². The predicted molar refractivity (Wildman–Crippen MR) is 89.4 cm³/mol.